The molecule has 124 valence electrons. The number of fused-ring (bicyclic) bond motifs is 1. The number of methoxy groups -OCH3 is 1. The summed E-state index contributed by atoms with van der Waals surface area (Å²) in [5, 5.41) is 1.61. The third kappa shape index (κ3) is 2.79. The van der Waals surface area contributed by atoms with Gasteiger partial charge in [0.1, 0.15) is 5.75 Å². The molecule has 1 aromatic heterocycles. The smallest absolute Gasteiger partial charge is 0.262 e. The molecule has 3 rings (SSSR count). The van der Waals surface area contributed by atoms with Crippen molar-refractivity contribution in [1.82, 2.24) is 4.57 Å². The minimum Gasteiger partial charge on any atom is -0.497 e. The maximum atomic E-state index is 13.0. The molecule has 0 spiro atoms. The van der Waals surface area contributed by atoms with Crippen LogP contribution in [-0.4, -0.2) is 24.1 Å². The van der Waals surface area contributed by atoms with Gasteiger partial charge in [0.05, 0.1) is 12.6 Å². The van der Waals surface area contributed by atoms with Gasteiger partial charge in [0.25, 0.3) is 5.91 Å². The van der Waals surface area contributed by atoms with Gasteiger partial charge in [-0.15, -0.1) is 0 Å². The van der Waals surface area contributed by atoms with Gasteiger partial charge in [-0.25, -0.2) is 0 Å². The first kappa shape index (κ1) is 16.6. The minimum absolute atomic E-state index is 0.0809. The predicted molar refractivity (Wildman–Crippen MR) is 97.2 cm³/mol. The molecular formula is C19H19ClN2O2. The van der Waals surface area contributed by atoms with Crippen LogP contribution in [0.15, 0.2) is 42.5 Å². The van der Waals surface area contributed by atoms with Crippen LogP contribution in [0.4, 0.5) is 0 Å². The van der Waals surface area contributed by atoms with E-state index in [4.69, 9.17) is 22.1 Å². The van der Waals surface area contributed by atoms with E-state index >= 15 is 0 Å². The van der Waals surface area contributed by atoms with E-state index in [0.717, 1.165) is 27.9 Å². The minimum atomic E-state index is -0.0809. The van der Waals surface area contributed by atoms with Crippen LogP contribution in [0, 0.1) is 6.92 Å². The van der Waals surface area contributed by atoms with Gasteiger partial charge in [0.2, 0.25) is 0 Å². The van der Waals surface area contributed by atoms with Crippen molar-refractivity contribution in [2.75, 3.05) is 13.7 Å². The summed E-state index contributed by atoms with van der Waals surface area (Å²) in [5.74, 6) is 0.680. The van der Waals surface area contributed by atoms with Crippen molar-refractivity contribution in [2.24, 2.45) is 5.73 Å². The van der Waals surface area contributed by atoms with E-state index in [1.165, 1.54) is 0 Å². The summed E-state index contributed by atoms with van der Waals surface area (Å²) in [7, 11) is 1.63. The number of halogens is 1. The van der Waals surface area contributed by atoms with E-state index in [1.807, 2.05) is 25.1 Å². The van der Waals surface area contributed by atoms with Crippen molar-refractivity contribution in [3.05, 3.63) is 64.3 Å². The number of nitrogens with two attached hydrogens (primary N) is 1. The molecule has 2 N–H and O–H groups in total. The van der Waals surface area contributed by atoms with Crippen LogP contribution in [0.1, 0.15) is 21.6 Å². The lowest BCUT2D eigenvalue weighted by Crippen LogP contribution is -2.14. The van der Waals surface area contributed by atoms with E-state index in [2.05, 4.69) is 0 Å². The van der Waals surface area contributed by atoms with Gasteiger partial charge in [0, 0.05) is 21.7 Å². The number of aromatic nitrogens is 1. The molecule has 0 radical (unpaired) electrons. The van der Waals surface area contributed by atoms with E-state index in [0.29, 0.717) is 23.6 Å². The van der Waals surface area contributed by atoms with Crippen molar-refractivity contribution in [2.45, 2.75) is 13.3 Å². The highest BCUT2D eigenvalue weighted by atomic mass is 35.5. The van der Waals surface area contributed by atoms with E-state index < -0.39 is 0 Å². The Hall–Kier alpha value is -2.30. The van der Waals surface area contributed by atoms with E-state index in [9.17, 15) is 4.79 Å². The first-order valence-electron chi connectivity index (χ1n) is 7.75. The lowest BCUT2D eigenvalue weighted by Gasteiger charge is -2.08. The van der Waals surface area contributed by atoms with Gasteiger partial charge in [-0.05, 0) is 67.9 Å². The fourth-order valence-corrected chi connectivity index (χ4v) is 3.16. The van der Waals surface area contributed by atoms with Gasteiger partial charge < -0.3 is 10.5 Å². The summed E-state index contributed by atoms with van der Waals surface area (Å²) < 4.78 is 7.06. The number of hydrogen-bond donors (Lipinski definition) is 1. The molecule has 0 aliphatic carbocycles. The Morgan fingerprint density at radius 3 is 2.54 bits per heavy atom. The molecule has 0 saturated heterocycles. The normalized spacial score (nSPS) is 11.0. The average Bonchev–Trinajstić information content (AvgIpc) is 2.86. The standard InChI is InChI=1S/C19H19ClN2O2/c1-12-16(9-10-21)17-11-15(24-2)7-8-18(17)22(12)19(23)13-3-5-14(20)6-4-13/h3-8,11H,9-10,21H2,1-2H3. The third-order valence-electron chi connectivity index (χ3n) is 4.23. The van der Waals surface area contributed by atoms with Crippen LogP contribution in [0.5, 0.6) is 5.75 Å². The Balaban J connectivity index is 2.21. The van der Waals surface area contributed by atoms with Crippen LogP contribution in [0.3, 0.4) is 0 Å². The van der Waals surface area contributed by atoms with Crippen molar-refractivity contribution in [3.63, 3.8) is 0 Å². The first-order valence-corrected chi connectivity index (χ1v) is 8.13. The lowest BCUT2D eigenvalue weighted by molar-refractivity contribution is 0.0963. The van der Waals surface area contributed by atoms with E-state index in [-0.39, 0.29) is 5.91 Å². The third-order valence-corrected chi connectivity index (χ3v) is 4.48. The summed E-state index contributed by atoms with van der Waals surface area (Å²) in [6.07, 6.45) is 0.705. The zero-order chi connectivity index (χ0) is 17.3. The molecule has 3 aromatic rings. The fraction of sp³-hybridized carbons (Fsp3) is 0.211. The number of carbonyl (C=O) groups excluding carboxylic acids is 1. The number of hydrogen-bond acceptors (Lipinski definition) is 3. The molecule has 0 saturated carbocycles. The van der Waals surface area contributed by atoms with Gasteiger partial charge in [-0.1, -0.05) is 11.6 Å². The summed E-state index contributed by atoms with van der Waals surface area (Å²) in [4.78, 5) is 13.0. The Labute approximate surface area is 145 Å². The maximum absolute atomic E-state index is 13.0. The molecule has 0 amide bonds. The molecule has 0 fully saturated rings. The summed E-state index contributed by atoms with van der Waals surface area (Å²) in [6.45, 7) is 2.47. The van der Waals surface area contributed by atoms with Crippen LogP contribution >= 0.6 is 11.6 Å². The lowest BCUT2D eigenvalue weighted by atomic mass is 10.1. The Kier molecular flexibility index (Phi) is 4.60. The molecule has 0 unspecified atom stereocenters. The first-order chi connectivity index (χ1) is 11.6. The van der Waals surface area contributed by atoms with Crippen LogP contribution in [0.2, 0.25) is 5.02 Å². The summed E-state index contributed by atoms with van der Waals surface area (Å²) >= 11 is 5.92. The topological polar surface area (TPSA) is 57.2 Å². The highest BCUT2D eigenvalue weighted by molar-refractivity contribution is 6.30. The predicted octanol–water partition coefficient (Wildman–Crippen LogP) is 3.80. The quantitative estimate of drug-likeness (QED) is 0.784. The number of ether oxygens (including phenoxy) is 1. The van der Waals surface area contributed by atoms with E-state index in [1.54, 1.807) is 35.9 Å². The van der Waals surface area contributed by atoms with Crippen molar-refractivity contribution >= 4 is 28.4 Å². The number of rotatable bonds is 4. The molecule has 0 bridgehead atoms. The summed E-state index contributed by atoms with van der Waals surface area (Å²) in [5.41, 5.74) is 9.20. The zero-order valence-electron chi connectivity index (χ0n) is 13.7. The Morgan fingerprint density at radius 1 is 1.21 bits per heavy atom. The molecule has 5 heteroatoms. The monoisotopic (exact) mass is 342 g/mol. The second kappa shape index (κ2) is 6.67. The van der Waals surface area contributed by atoms with Crippen molar-refractivity contribution in [3.8, 4) is 5.75 Å². The van der Waals surface area contributed by atoms with Crippen molar-refractivity contribution < 1.29 is 9.53 Å². The Bertz CT molecular complexity index is 898. The van der Waals surface area contributed by atoms with Gasteiger partial charge in [0.15, 0.2) is 0 Å². The van der Waals surface area contributed by atoms with Gasteiger partial charge in [-0.3, -0.25) is 9.36 Å². The van der Waals surface area contributed by atoms with Crippen LogP contribution in [-0.2, 0) is 6.42 Å². The maximum Gasteiger partial charge on any atom is 0.262 e. The molecule has 4 nitrogen and oxygen atoms in total. The second-order valence-electron chi connectivity index (χ2n) is 5.63. The molecule has 1 heterocycles. The number of benzene rings is 2. The SMILES string of the molecule is COc1ccc2c(c1)c(CCN)c(C)n2C(=O)c1ccc(Cl)cc1. The fourth-order valence-electron chi connectivity index (χ4n) is 3.03. The van der Waals surface area contributed by atoms with Crippen LogP contribution in [0.25, 0.3) is 10.9 Å². The van der Waals surface area contributed by atoms with Crippen LogP contribution < -0.4 is 10.5 Å². The molecular weight excluding hydrogens is 324 g/mol. The van der Waals surface area contributed by atoms with Gasteiger partial charge >= 0.3 is 0 Å². The molecule has 24 heavy (non-hydrogen) atoms. The molecule has 0 aliphatic rings. The zero-order valence-corrected chi connectivity index (χ0v) is 14.4. The highest BCUT2D eigenvalue weighted by Gasteiger charge is 2.20. The largest absolute Gasteiger partial charge is 0.497 e. The molecule has 0 aliphatic heterocycles. The Morgan fingerprint density at radius 2 is 1.92 bits per heavy atom. The number of carbonyl (C=O) groups is 1. The van der Waals surface area contributed by atoms with Crippen molar-refractivity contribution in [1.29, 1.82) is 0 Å². The average molecular weight is 343 g/mol. The summed E-state index contributed by atoms with van der Waals surface area (Å²) in [6, 6.07) is 12.6. The van der Waals surface area contributed by atoms with Gasteiger partial charge in [-0.2, -0.15) is 0 Å². The second-order valence-corrected chi connectivity index (χ2v) is 6.07. The molecule has 0 atom stereocenters. The highest BCUT2D eigenvalue weighted by Crippen LogP contribution is 2.30. The molecule has 2 aromatic carbocycles. The number of nitrogens with zero attached hydrogens (tertiary/aromatic N) is 1.